The van der Waals surface area contributed by atoms with Crippen LogP contribution >= 0.6 is 0 Å². The first-order valence-corrected chi connectivity index (χ1v) is 7.36. The normalized spacial score (nSPS) is 18.0. The van der Waals surface area contributed by atoms with Gasteiger partial charge in [0.2, 0.25) is 0 Å². The number of nitrogens with one attached hydrogen (secondary N) is 1. The summed E-state index contributed by atoms with van der Waals surface area (Å²) in [6, 6.07) is 9.69. The maximum atomic E-state index is 12.5. The van der Waals surface area contributed by atoms with E-state index in [1.165, 1.54) is 0 Å². The lowest BCUT2D eigenvalue weighted by Crippen LogP contribution is -2.56. The number of aromatic nitrogens is 1. The van der Waals surface area contributed by atoms with E-state index in [9.17, 15) is 4.79 Å². The number of ether oxygens (including phenoxy) is 1. The molecule has 1 heterocycles. The molecular weight excluding hydrogens is 264 g/mol. The molecule has 0 bridgehead atoms. The molecule has 0 aliphatic heterocycles. The topological polar surface area (TPSA) is 51.2 Å². The molecule has 1 fully saturated rings. The lowest BCUT2D eigenvalue weighted by Gasteiger charge is -2.45. The minimum absolute atomic E-state index is 0.0236. The zero-order valence-electron chi connectivity index (χ0n) is 12.4. The summed E-state index contributed by atoms with van der Waals surface area (Å²) in [6.07, 6.45) is 4.82. The van der Waals surface area contributed by atoms with Gasteiger partial charge in [-0.05, 0) is 37.6 Å². The van der Waals surface area contributed by atoms with E-state index in [1.54, 1.807) is 13.3 Å². The summed E-state index contributed by atoms with van der Waals surface area (Å²) in [5, 5.41) is 4.96. The molecule has 1 amide bonds. The van der Waals surface area contributed by atoms with Gasteiger partial charge in [0, 0.05) is 18.7 Å². The number of hydrogen-bond acceptors (Lipinski definition) is 3. The largest absolute Gasteiger partial charge is 0.376 e. The van der Waals surface area contributed by atoms with Crippen LogP contribution in [0.3, 0.4) is 0 Å². The number of nitrogens with zero attached hydrogens (tertiary/aromatic N) is 1. The van der Waals surface area contributed by atoms with Crippen molar-refractivity contribution in [2.75, 3.05) is 7.11 Å². The van der Waals surface area contributed by atoms with Crippen molar-refractivity contribution < 1.29 is 9.53 Å². The Labute approximate surface area is 124 Å². The second kappa shape index (κ2) is 5.45. The number of methoxy groups -OCH3 is 1. The summed E-state index contributed by atoms with van der Waals surface area (Å²) < 4.78 is 5.62. The van der Waals surface area contributed by atoms with Crippen molar-refractivity contribution in [1.29, 1.82) is 0 Å². The van der Waals surface area contributed by atoms with Gasteiger partial charge in [0.05, 0.1) is 11.6 Å². The maximum Gasteiger partial charge on any atom is 0.270 e. The fourth-order valence-electron chi connectivity index (χ4n) is 3.04. The molecule has 1 unspecified atom stereocenters. The van der Waals surface area contributed by atoms with Crippen LogP contribution in [0.4, 0.5) is 0 Å². The minimum Gasteiger partial charge on any atom is -0.376 e. The van der Waals surface area contributed by atoms with Crippen molar-refractivity contribution in [1.82, 2.24) is 10.3 Å². The van der Waals surface area contributed by atoms with Gasteiger partial charge in [0.25, 0.3) is 5.91 Å². The molecule has 2 aromatic rings. The quantitative estimate of drug-likeness (QED) is 0.939. The number of pyridine rings is 1. The molecule has 1 aliphatic carbocycles. The summed E-state index contributed by atoms with van der Waals surface area (Å²) in [6.45, 7) is 2.01. The average Bonchev–Trinajstić information content (AvgIpc) is 2.46. The van der Waals surface area contributed by atoms with Gasteiger partial charge in [0.15, 0.2) is 0 Å². The highest BCUT2D eigenvalue weighted by Gasteiger charge is 2.43. The van der Waals surface area contributed by atoms with Gasteiger partial charge in [-0.25, -0.2) is 0 Å². The van der Waals surface area contributed by atoms with Crippen molar-refractivity contribution in [3.8, 4) is 0 Å². The predicted octanol–water partition coefficient (Wildman–Crippen LogP) is 2.92. The fraction of sp³-hybridized carbons (Fsp3) is 0.412. The molecule has 1 atom stereocenters. The van der Waals surface area contributed by atoms with Crippen LogP contribution in [0.15, 0.2) is 36.5 Å². The third kappa shape index (κ3) is 2.40. The molecule has 0 saturated heterocycles. The van der Waals surface area contributed by atoms with Crippen LogP contribution in [-0.2, 0) is 4.74 Å². The Kier molecular flexibility index (Phi) is 3.64. The summed E-state index contributed by atoms with van der Waals surface area (Å²) in [4.78, 5) is 16.8. The van der Waals surface area contributed by atoms with E-state index in [4.69, 9.17) is 4.74 Å². The van der Waals surface area contributed by atoms with Crippen LogP contribution in [-0.4, -0.2) is 29.6 Å². The molecule has 1 saturated carbocycles. The van der Waals surface area contributed by atoms with E-state index in [0.717, 1.165) is 30.0 Å². The molecule has 21 heavy (non-hydrogen) atoms. The summed E-state index contributed by atoms with van der Waals surface area (Å²) in [5.74, 6) is -0.136. The molecule has 1 N–H and O–H groups in total. The number of carbonyl (C=O) groups excluding carboxylic acids is 1. The molecule has 4 nitrogen and oxygen atoms in total. The van der Waals surface area contributed by atoms with E-state index < -0.39 is 0 Å². The Morgan fingerprint density at radius 1 is 1.33 bits per heavy atom. The van der Waals surface area contributed by atoms with E-state index in [2.05, 4.69) is 10.3 Å². The van der Waals surface area contributed by atoms with E-state index in [-0.39, 0.29) is 17.6 Å². The van der Waals surface area contributed by atoms with Crippen molar-refractivity contribution in [2.24, 2.45) is 0 Å². The molecule has 0 radical (unpaired) electrons. The van der Waals surface area contributed by atoms with Crippen LogP contribution in [0, 0.1) is 0 Å². The van der Waals surface area contributed by atoms with Crippen LogP contribution in [0.25, 0.3) is 10.8 Å². The molecule has 1 aliphatic rings. The van der Waals surface area contributed by atoms with Crippen molar-refractivity contribution in [3.63, 3.8) is 0 Å². The molecule has 1 aromatic heterocycles. The minimum atomic E-state index is -0.208. The van der Waals surface area contributed by atoms with Crippen molar-refractivity contribution >= 4 is 16.7 Å². The second-order valence-electron chi connectivity index (χ2n) is 5.70. The van der Waals surface area contributed by atoms with Crippen molar-refractivity contribution in [2.45, 2.75) is 37.8 Å². The van der Waals surface area contributed by atoms with Crippen LogP contribution < -0.4 is 5.32 Å². The predicted molar refractivity (Wildman–Crippen MR) is 82.3 cm³/mol. The van der Waals surface area contributed by atoms with Gasteiger partial charge in [-0.3, -0.25) is 9.78 Å². The fourth-order valence-corrected chi connectivity index (χ4v) is 3.04. The summed E-state index contributed by atoms with van der Waals surface area (Å²) >= 11 is 0. The van der Waals surface area contributed by atoms with E-state index in [1.807, 2.05) is 37.3 Å². The van der Waals surface area contributed by atoms with Gasteiger partial charge in [-0.1, -0.05) is 24.3 Å². The Balaban J connectivity index is 1.84. The number of amides is 1. The van der Waals surface area contributed by atoms with Gasteiger partial charge in [0.1, 0.15) is 5.69 Å². The Morgan fingerprint density at radius 2 is 2.10 bits per heavy atom. The molecule has 110 valence electrons. The lowest BCUT2D eigenvalue weighted by molar-refractivity contribution is -0.0919. The highest BCUT2D eigenvalue weighted by Crippen LogP contribution is 2.38. The summed E-state index contributed by atoms with van der Waals surface area (Å²) in [7, 11) is 1.72. The zero-order chi connectivity index (χ0) is 14.9. The average molecular weight is 284 g/mol. The SMILES string of the molecule is COC1(C(C)NC(=O)c2nccc3ccccc23)CCC1. The van der Waals surface area contributed by atoms with Gasteiger partial charge >= 0.3 is 0 Å². The first kappa shape index (κ1) is 14.0. The lowest BCUT2D eigenvalue weighted by atomic mass is 9.75. The molecule has 0 spiro atoms. The number of fused-ring (bicyclic) bond motifs is 1. The van der Waals surface area contributed by atoms with Crippen LogP contribution in [0.5, 0.6) is 0 Å². The Morgan fingerprint density at radius 3 is 2.76 bits per heavy atom. The highest BCUT2D eigenvalue weighted by atomic mass is 16.5. The zero-order valence-corrected chi connectivity index (χ0v) is 12.4. The molecule has 4 heteroatoms. The third-order valence-corrected chi connectivity index (χ3v) is 4.63. The van der Waals surface area contributed by atoms with E-state index >= 15 is 0 Å². The van der Waals surface area contributed by atoms with Crippen LogP contribution in [0.2, 0.25) is 0 Å². The van der Waals surface area contributed by atoms with E-state index in [0.29, 0.717) is 5.69 Å². The molecular formula is C17H20N2O2. The van der Waals surface area contributed by atoms with Gasteiger partial charge < -0.3 is 10.1 Å². The Bertz CT molecular complexity index is 654. The highest BCUT2D eigenvalue weighted by molar-refractivity contribution is 6.05. The van der Waals surface area contributed by atoms with Crippen molar-refractivity contribution in [3.05, 3.63) is 42.2 Å². The number of carbonyl (C=O) groups is 1. The first-order valence-electron chi connectivity index (χ1n) is 7.36. The summed E-state index contributed by atoms with van der Waals surface area (Å²) in [5.41, 5.74) is 0.269. The smallest absolute Gasteiger partial charge is 0.270 e. The number of rotatable bonds is 4. The second-order valence-corrected chi connectivity index (χ2v) is 5.70. The molecule has 1 aromatic carbocycles. The Hall–Kier alpha value is -1.94. The standard InChI is InChI=1S/C17H20N2O2/c1-12(17(21-2)9-5-10-17)19-16(20)15-14-7-4-3-6-13(14)8-11-18-15/h3-4,6-8,11-12H,5,9-10H2,1-2H3,(H,19,20). The first-order chi connectivity index (χ1) is 10.2. The maximum absolute atomic E-state index is 12.5. The van der Waals surface area contributed by atoms with Crippen LogP contribution in [0.1, 0.15) is 36.7 Å². The van der Waals surface area contributed by atoms with Gasteiger partial charge in [-0.2, -0.15) is 0 Å². The monoisotopic (exact) mass is 284 g/mol. The third-order valence-electron chi connectivity index (χ3n) is 4.63. The van der Waals surface area contributed by atoms with Gasteiger partial charge in [-0.15, -0.1) is 0 Å². The molecule has 3 rings (SSSR count). The number of hydrogen-bond donors (Lipinski definition) is 1. The number of benzene rings is 1.